The van der Waals surface area contributed by atoms with Crippen LogP contribution < -0.4 is 0 Å². The highest BCUT2D eigenvalue weighted by molar-refractivity contribution is 6.38. The van der Waals surface area contributed by atoms with Crippen LogP contribution in [0.25, 0.3) is 0 Å². The van der Waals surface area contributed by atoms with Crippen LogP contribution in [0.1, 0.15) is 19.3 Å². The summed E-state index contributed by atoms with van der Waals surface area (Å²) in [6.07, 6.45) is 2.28. The van der Waals surface area contributed by atoms with E-state index < -0.39 is 22.7 Å². The van der Waals surface area contributed by atoms with Crippen LogP contribution in [-0.2, 0) is 14.3 Å². The Labute approximate surface area is 97.2 Å². The van der Waals surface area contributed by atoms with Crippen LogP contribution >= 0.6 is 11.6 Å². The lowest BCUT2D eigenvalue weighted by Gasteiger charge is -2.50. The molecule has 2 aliphatic heterocycles. The minimum Gasteiger partial charge on any atom is -0.384 e. The maximum absolute atomic E-state index is 12.1. The van der Waals surface area contributed by atoms with Crippen molar-refractivity contribution in [2.24, 2.45) is 0 Å². The molecule has 86 valence electrons. The molecule has 1 N–H and O–H groups in total. The molecule has 1 saturated carbocycles. The van der Waals surface area contributed by atoms with Crippen molar-refractivity contribution in [3.05, 3.63) is 12.2 Å². The van der Waals surface area contributed by atoms with Gasteiger partial charge in [-0.1, -0.05) is 6.08 Å². The standard InChI is InChI=1S/C11H11ClO4/c12-10-4-3-6(13)5-11(10,15)8-2-1-7(16-8)9(10)14/h1-2,7-8,15H,3-5H2/t7-,8+,10+,11?/m0/s1. The lowest BCUT2D eigenvalue weighted by atomic mass is 9.68. The molecule has 1 saturated heterocycles. The Kier molecular flexibility index (Phi) is 1.92. The molecule has 0 aromatic heterocycles. The number of rotatable bonds is 0. The van der Waals surface area contributed by atoms with Crippen LogP contribution in [0.5, 0.6) is 0 Å². The smallest absolute Gasteiger partial charge is 0.189 e. The topological polar surface area (TPSA) is 63.6 Å². The zero-order valence-electron chi connectivity index (χ0n) is 8.48. The van der Waals surface area contributed by atoms with Crippen molar-refractivity contribution in [3.63, 3.8) is 0 Å². The fraction of sp³-hybridized carbons (Fsp3) is 0.636. The molecule has 16 heavy (non-hydrogen) atoms. The van der Waals surface area contributed by atoms with E-state index >= 15 is 0 Å². The minimum absolute atomic E-state index is 0.0751. The lowest BCUT2D eigenvalue weighted by molar-refractivity contribution is -0.183. The van der Waals surface area contributed by atoms with Gasteiger partial charge in [-0.25, -0.2) is 0 Å². The van der Waals surface area contributed by atoms with Gasteiger partial charge in [-0.05, 0) is 12.5 Å². The molecule has 5 heteroatoms. The van der Waals surface area contributed by atoms with E-state index in [9.17, 15) is 14.7 Å². The molecule has 4 atom stereocenters. The average Bonchev–Trinajstić information content (AvgIpc) is 2.69. The number of ether oxygens (including phenoxy) is 1. The van der Waals surface area contributed by atoms with E-state index in [0.717, 1.165) is 0 Å². The first-order valence-corrected chi connectivity index (χ1v) is 5.66. The Bertz CT molecular complexity index is 418. The second kappa shape index (κ2) is 2.94. The van der Waals surface area contributed by atoms with E-state index in [2.05, 4.69) is 0 Å². The van der Waals surface area contributed by atoms with Gasteiger partial charge in [-0.15, -0.1) is 11.6 Å². The fourth-order valence-corrected chi connectivity index (χ4v) is 3.19. The van der Waals surface area contributed by atoms with Gasteiger partial charge >= 0.3 is 0 Å². The van der Waals surface area contributed by atoms with Gasteiger partial charge in [0, 0.05) is 12.8 Å². The van der Waals surface area contributed by atoms with Gasteiger partial charge in [-0.3, -0.25) is 9.59 Å². The van der Waals surface area contributed by atoms with Crippen molar-refractivity contribution < 1.29 is 19.4 Å². The van der Waals surface area contributed by atoms with Crippen LogP contribution in [0.4, 0.5) is 0 Å². The van der Waals surface area contributed by atoms with Crippen molar-refractivity contribution in [2.45, 2.75) is 41.9 Å². The first-order valence-electron chi connectivity index (χ1n) is 5.28. The zero-order chi connectivity index (χ0) is 11.6. The predicted molar refractivity (Wildman–Crippen MR) is 55.2 cm³/mol. The minimum atomic E-state index is -1.58. The summed E-state index contributed by atoms with van der Waals surface area (Å²) in [5.74, 6) is -0.400. The fourth-order valence-electron chi connectivity index (χ4n) is 2.82. The normalized spacial score (nSPS) is 50.6. The second-order valence-corrected chi connectivity index (χ2v) is 5.31. The number of Topliss-reactive ketones (excluding diaryl/α,β-unsaturated/α-hetero) is 2. The highest BCUT2D eigenvalue weighted by atomic mass is 35.5. The summed E-state index contributed by atoms with van der Waals surface area (Å²) in [7, 11) is 0. The molecular weight excluding hydrogens is 232 g/mol. The molecule has 2 heterocycles. The molecule has 0 aromatic rings. The number of carbonyl (C=O) groups excluding carboxylic acids is 2. The Hall–Kier alpha value is -0.710. The van der Waals surface area contributed by atoms with Gasteiger partial charge in [0.2, 0.25) is 0 Å². The molecule has 3 aliphatic rings. The highest BCUT2D eigenvalue weighted by Crippen LogP contribution is 2.50. The molecule has 0 radical (unpaired) electrons. The quantitative estimate of drug-likeness (QED) is 0.492. The molecule has 3 rings (SSSR count). The number of aliphatic hydroxyl groups is 1. The number of fused-ring (bicyclic) bond motifs is 4. The van der Waals surface area contributed by atoms with Crippen molar-refractivity contribution in [2.75, 3.05) is 0 Å². The van der Waals surface area contributed by atoms with Crippen LogP contribution in [0.2, 0.25) is 0 Å². The summed E-state index contributed by atoms with van der Waals surface area (Å²) in [5.41, 5.74) is -1.58. The van der Waals surface area contributed by atoms with Crippen LogP contribution in [0.3, 0.4) is 0 Å². The summed E-state index contributed by atoms with van der Waals surface area (Å²) in [6.45, 7) is 0. The number of hydrogen-bond acceptors (Lipinski definition) is 4. The Morgan fingerprint density at radius 1 is 1.44 bits per heavy atom. The van der Waals surface area contributed by atoms with Crippen molar-refractivity contribution in [1.29, 1.82) is 0 Å². The van der Waals surface area contributed by atoms with Gasteiger partial charge in [0.25, 0.3) is 0 Å². The molecule has 0 spiro atoms. The number of carbonyl (C=O) groups is 2. The largest absolute Gasteiger partial charge is 0.384 e. The third-order valence-corrected chi connectivity index (χ3v) is 4.48. The maximum atomic E-state index is 12.1. The first kappa shape index (κ1) is 10.4. The highest BCUT2D eigenvalue weighted by Gasteiger charge is 2.67. The van der Waals surface area contributed by atoms with Crippen molar-refractivity contribution in [1.82, 2.24) is 0 Å². The summed E-state index contributed by atoms with van der Waals surface area (Å²) in [5, 5.41) is 10.5. The molecule has 1 aliphatic carbocycles. The van der Waals surface area contributed by atoms with E-state index in [4.69, 9.17) is 16.3 Å². The van der Waals surface area contributed by atoms with Crippen LogP contribution in [-0.4, -0.2) is 39.4 Å². The summed E-state index contributed by atoms with van der Waals surface area (Å²) < 4.78 is 5.35. The van der Waals surface area contributed by atoms with Gasteiger partial charge in [0.1, 0.15) is 28.5 Å². The van der Waals surface area contributed by atoms with Gasteiger partial charge in [0.05, 0.1) is 0 Å². The average molecular weight is 243 g/mol. The van der Waals surface area contributed by atoms with Crippen LogP contribution in [0, 0.1) is 0 Å². The van der Waals surface area contributed by atoms with E-state index in [0.29, 0.717) is 0 Å². The molecule has 1 unspecified atom stereocenters. The number of halogens is 1. The Morgan fingerprint density at radius 3 is 2.94 bits per heavy atom. The van der Waals surface area contributed by atoms with E-state index in [-0.39, 0.29) is 30.8 Å². The zero-order valence-corrected chi connectivity index (χ0v) is 9.24. The predicted octanol–water partition coefficient (Wildman–Crippen LogP) is 0.354. The Morgan fingerprint density at radius 2 is 2.19 bits per heavy atom. The lowest BCUT2D eigenvalue weighted by Crippen LogP contribution is -2.69. The molecular formula is C11H11ClO4. The van der Waals surface area contributed by atoms with E-state index in [1.807, 2.05) is 0 Å². The first-order chi connectivity index (χ1) is 7.47. The second-order valence-electron chi connectivity index (χ2n) is 4.67. The molecule has 0 aromatic carbocycles. The van der Waals surface area contributed by atoms with Gasteiger partial charge in [-0.2, -0.15) is 0 Å². The Balaban J connectivity index is 2.12. The van der Waals surface area contributed by atoms with E-state index in [1.54, 1.807) is 12.2 Å². The van der Waals surface area contributed by atoms with Gasteiger partial charge < -0.3 is 9.84 Å². The number of alkyl halides is 1. The maximum Gasteiger partial charge on any atom is 0.189 e. The summed E-state index contributed by atoms with van der Waals surface area (Å²) in [4.78, 5) is 22.1. The van der Waals surface area contributed by atoms with Crippen molar-refractivity contribution >= 4 is 23.2 Å². The number of ketones is 2. The number of hydrogen-bond donors (Lipinski definition) is 1. The summed E-state index contributed by atoms with van der Waals surface area (Å²) in [6, 6.07) is 0. The third kappa shape index (κ3) is 1.02. The third-order valence-electron chi connectivity index (χ3n) is 3.77. The monoisotopic (exact) mass is 242 g/mol. The van der Waals surface area contributed by atoms with Crippen LogP contribution in [0.15, 0.2) is 12.2 Å². The SMILES string of the molecule is O=C1CC[C@@]2(Cl)C(=O)[C@@H]3C=C[C@@H](O3)C2(O)C1. The van der Waals surface area contributed by atoms with E-state index in [1.165, 1.54) is 0 Å². The molecule has 2 fully saturated rings. The van der Waals surface area contributed by atoms with Gasteiger partial charge in [0.15, 0.2) is 5.78 Å². The molecule has 0 amide bonds. The summed E-state index contributed by atoms with van der Waals surface area (Å²) >= 11 is 6.29. The van der Waals surface area contributed by atoms with Crippen molar-refractivity contribution in [3.8, 4) is 0 Å². The molecule has 2 bridgehead atoms. The molecule has 4 nitrogen and oxygen atoms in total.